The minimum atomic E-state index is -0.0177. The van der Waals surface area contributed by atoms with E-state index in [9.17, 15) is 4.79 Å². The normalized spacial score (nSPS) is 11.1. The van der Waals surface area contributed by atoms with Gasteiger partial charge in [-0.15, -0.1) is 11.3 Å². The summed E-state index contributed by atoms with van der Waals surface area (Å²) in [5.41, 5.74) is 0. The number of nitrogens with one attached hydrogen (secondary N) is 3. The molecule has 0 saturated carbocycles. The summed E-state index contributed by atoms with van der Waals surface area (Å²) < 4.78 is 0. The van der Waals surface area contributed by atoms with Crippen molar-refractivity contribution in [3.63, 3.8) is 0 Å². The average Bonchev–Trinajstić information content (AvgIpc) is 2.89. The van der Waals surface area contributed by atoms with Gasteiger partial charge in [-0.1, -0.05) is 13.0 Å². The molecule has 1 aromatic heterocycles. The number of carbonyl (C=O) groups excluding carboxylic acids is 1. The summed E-state index contributed by atoms with van der Waals surface area (Å²) in [4.78, 5) is 16.7. The molecule has 0 aliphatic heterocycles. The van der Waals surface area contributed by atoms with Crippen molar-refractivity contribution < 1.29 is 4.79 Å². The van der Waals surface area contributed by atoms with E-state index in [1.807, 2.05) is 18.4 Å². The first-order chi connectivity index (χ1) is 8.76. The van der Waals surface area contributed by atoms with E-state index in [2.05, 4.69) is 27.0 Å². The van der Waals surface area contributed by atoms with Crippen molar-refractivity contribution in [2.75, 3.05) is 20.1 Å². The van der Waals surface area contributed by atoms with Gasteiger partial charge >= 0.3 is 0 Å². The second-order valence-corrected chi connectivity index (χ2v) is 4.74. The lowest BCUT2D eigenvalue weighted by Crippen LogP contribution is -2.42. The zero-order chi connectivity index (χ0) is 13.2. The number of rotatable bonds is 6. The van der Waals surface area contributed by atoms with Gasteiger partial charge in [-0.25, -0.2) is 0 Å². The van der Waals surface area contributed by atoms with Crippen LogP contribution in [0.4, 0.5) is 0 Å². The predicted molar refractivity (Wildman–Crippen MR) is 75.8 cm³/mol. The molecule has 0 spiro atoms. The van der Waals surface area contributed by atoms with Gasteiger partial charge in [-0.2, -0.15) is 0 Å². The van der Waals surface area contributed by atoms with Crippen LogP contribution in [0.3, 0.4) is 0 Å². The van der Waals surface area contributed by atoms with Crippen LogP contribution in [0.5, 0.6) is 0 Å². The Balaban J connectivity index is 2.23. The van der Waals surface area contributed by atoms with Crippen molar-refractivity contribution in [3.8, 4) is 0 Å². The lowest BCUT2D eigenvalue weighted by molar-refractivity contribution is -0.120. The van der Waals surface area contributed by atoms with Gasteiger partial charge in [0.05, 0.1) is 13.1 Å². The molecule has 3 N–H and O–H groups in total. The van der Waals surface area contributed by atoms with Gasteiger partial charge in [0.25, 0.3) is 0 Å². The van der Waals surface area contributed by atoms with Crippen LogP contribution in [-0.2, 0) is 11.3 Å². The highest BCUT2D eigenvalue weighted by Gasteiger charge is 2.02. The molecule has 1 amide bonds. The second kappa shape index (κ2) is 8.52. The topological polar surface area (TPSA) is 65.5 Å². The van der Waals surface area contributed by atoms with E-state index in [1.54, 1.807) is 18.4 Å². The van der Waals surface area contributed by atoms with E-state index in [-0.39, 0.29) is 12.5 Å². The van der Waals surface area contributed by atoms with Gasteiger partial charge < -0.3 is 16.0 Å². The minimum absolute atomic E-state index is 0.0177. The highest BCUT2D eigenvalue weighted by atomic mass is 32.1. The predicted octanol–water partition coefficient (Wildman–Crippen LogP) is 0.939. The summed E-state index contributed by atoms with van der Waals surface area (Å²) >= 11 is 1.69. The Morgan fingerprint density at radius 2 is 2.22 bits per heavy atom. The molecule has 0 atom stereocenters. The number of amides is 1. The van der Waals surface area contributed by atoms with Crippen LogP contribution in [0, 0.1) is 0 Å². The first-order valence-corrected chi connectivity index (χ1v) is 6.87. The highest BCUT2D eigenvalue weighted by Crippen LogP contribution is 2.06. The van der Waals surface area contributed by atoms with E-state index in [4.69, 9.17) is 0 Å². The van der Waals surface area contributed by atoms with Crippen LogP contribution in [0.25, 0.3) is 0 Å². The number of thiophene rings is 1. The third kappa shape index (κ3) is 5.67. The Labute approximate surface area is 112 Å². The standard InChI is InChI=1S/C12H20N4OS/c1-3-6-14-11(17)9-16-12(13-2)15-8-10-5-4-7-18-10/h4-5,7H,3,6,8-9H2,1-2H3,(H,14,17)(H2,13,15,16). The summed E-state index contributed by atoms with van der Waals surface area (Å²) in [6.07, 6.45) is 0.942. The molecule has 0 bridgehead atoms. The Morgan fingerprint density at radius 1 is 1.39 bits per heavy atom. The van der Waals surface area contributed by atoms with E-state index in [1.165, 1.54) is 4.88 Å². The Hall–Kier alpha value is -1.56. The van der Waals surface area contributed by atoms with E-state index in [0.717, 1.165) is 6.42 Å². The maximum atomic E-state index is 11.4. The van der Waals surface area contributed by atoms with Crippen LogP contribution >= 0.6 is 11.3 Å². The Bertz CT molecular complexity index is 375. The average molecular weight is 268 g/mol. The molecule has 5 nitrogen and oxygen atoms in total. The molecule has 0 aromatic carbocycles. The van der Waals surface area contributed by atoms with Crippen LogP contribution in [0.1, 0.15) is 18.2 Å². The van der Waals surface area contributed by atoms with Gasteiger partial charge in [0.15, 0.2) is 5.96 Å². The summed E-state index contributed by atoms with van der Waals surface area (Å²) in [6.45, 7) is 3.69. The van der Waals surface area contributed by atoms with E-state index >= 15 is 0 Å². The fraction of sp³-hybridized carbons (Fsp3) is 0.500. The molecular weight excluding hydrogens is 248 g/mol. The van der Waals surface area contributed by atoms with Crippen molar-refractivity contribution >= 4 is 23.2 Å². The molecule has 1 rings (SSSR count). The maximum Gasteiger partial charge on any atom is 0.239 e. The molecule has 1 heterocycles. The van der Waals surface area contributed by atoms with Crippen LogP contribution in [0.2, 0.25) is 0 Å². The summed E-state index contributed by atoms with van der Waals surface area (Å²) in [5, 5.41) is 11.0. The van der Waals surface area contributed by atoms with Crippen LogP contribution in [-0.4, -0.2) is 32.0 Å². The molecule has 0 aliphatic rings. The smallest absolute Gasteiger partial charge is 0.239 e. The highest BCUT2D eigenvalue weighted by molar-refractivity contribution is 7.09. The monoisotopic (exact) mass is 268 g/mol. The molecule has 6 heteroatoms. The van der Waals surface area contributed by atoms with Gasteiger partial charge in [0.1, 0.15) is 0 Å². The van der Waals surface area contributed by atoms with Crippen molar-refractivity contribution in [1.29, 1.82) is 0 Å². The summed E-state index contributed by atoms with van der Waals surface area (Å²) in [5.74, 6) is 0.617. The molecule has 0 unspecified atom stereocenters. The quantitative estimate of drug-likeness (QED) is 0.531. The number of carbonyl (C=O) groups is 1. The third-order valence-electron chi connectivity index (χ3n) is 2.22. The first-order valence-electron chi connectivity index (χ1n) is 5.99. The lowest BCUT2D eigenvalue weighted by atomic mass is 10.4. The number of nitrogens with zero attached hydrogens (tertiary/aromatic N) is 1. The Morgan fingerprint density at radius 3 is 2.83 bits per heavy atom. The maximum absolute atomic E-state index is 11.4. The number of hydrogen-bond acceptors (Lipinski definition) is 3. The van der Waals surface area contributed by atoms with Crippen molar-refractivity contribution in [2.24, 2.45) is 4.99 Å². The van der Waals surface area contributed by atoms with Crippen LogP contribution < -0.4 is 16.0 Å². The molecular formula is C12H20N4OS. The zero-order valence-corrected chi connectivity index (χ0v) is 11.6. The molecule has 1 aromatic rings. The van der Waals surface area contributed by atoms with Gasteiger partial charge in [0, 0.05) is 18.5 Å². The zero-order valence-electron chi connectivity index (χ0n) is 10.8. The Kier molecular flexibility index (Phi) is 6.86. The third-order valence-corrected chi connectivity index (χ3v) is 3.10. The molecule has 100 valence electrons. The minimum Gasteiger partial charge on any atom is -0.355 e. The van der Waals surface area contributed by atoms with Crippen molar-refractivity contribution in [1.82, 2.24) is 16.0 Å². The molecule has 0 radical (unpaired) electrons. The largest absolute Gasteiger partial charge is 0.355 e. The van der Waals surface area contributed by atoms with Crippen molar-refractivity contribution in [3.05, 3.63) is 22.4 Å². The molecule has 18 heavy (non-hydrogen) atoms. The summed E-state index contributed by atoms with van der Waals surface area (Å²) in [6, 6.07) is 4.06. The van der Waals surface area contributed by atoms with Gasteiger partial charge in [0.2, 0.25) is 5.91 Å². The SMILES string of the molecule is CCCNC(=O)CNC(=NC)NCc1cccs1. The number of guanidine groups is 1. The molecule has 0 fully saturated rings. The van der Waals surface area contributed by atoms with Crippen LogP contribution in [0.15, 0.2) is 22.5 Å². The number of aliphatic imine (C=N–C) groups is 1. The second-order valence-electron chi connectivity index (χ2n) is 3.71. The van der Waals surface area contributed by atoms with E-state index < -0.39 is 0 Å². The van der Waals surface area contributed by atoms with Gasteiger partial charge in [-0.3, -0.25) is 9.79 Å². The van der Waals surface area contributed by atoms with Gasteiger partial charge in [-0.05, 0) is 17.9 Å². The van der Waals surface area contributed by atoms with Crippen molar-refractivity contribution in [2.45, 2.75) is 19.9 Å². The summed E-state index contributed by atoms with van der Waals surface area (Å²) in [7, 11) is 1.69. The fourth-order valence-corrected chi connectivity index (χ4v) is 1.94. The lowest BCUT2D eigenvalue weighted by Gasteiger charge is -2.11. The molecule has 0 aliphatic carbocycles. The fourth-order valence-electron chi connectivity index (χ4n) is 1.30. The number of hydrogen-bond donors (Lipinski definition) is 3. The molecule has 0 saturated heterocycles. The van der Waals surface area contributed by atoms with E-state index in [0.29, 0.717) is 19.0 Å². The first kappa shape index (κ1) is 14.5.